The van der Waals surface area contributed by atoms with Gasteiger partial charge in [-0.15, -0.1) is 0 Å². The monoisotopic (exact) mass is 278 g/mol. The summed E-state index contributed by atoms with van der Waals surface area (Å²) in [7, 11) is 0. The Kier molecular flexibility index (Phi) is 5.25. The number of nitrogens with zero attached hydrogens (tertiary/aromatic N) is 2. The van der Waals surface area contributed by atoms with Crippen molar-refractivity contribution in [1.29, 1.82) is 0 Å². The minimum absolute atomic E-state index is 0.495. The molecule has 0 aliphatic heterocycles. The maximum atomic E-state index is 10.8. The van der Waals surface area contributed by atoms with E-state index in [0.29, 0.717) is 6.04 Å². The van der Waals surface area contributed by atoms with Crippen LogP contribution in [0.4, 0.5) is 0 Å². The van der Waals surface area contributed by atoms with E-state index in [-0.39, 0.29) is 0 Å². The van der Waals surface area contributed by atoms with Crippen molar-refractivity contribution in [2.24, 2.45) is 5.92 Å². The highest BCUT2D eigenvalue weighted by molar-refractivity contribution is 5.05. The lowest BCUT2D eigenvalue weighted by Gasteiger charge is -2.35. The molecular formula is C17H30N2O. The SMILES string of the molecule is CCC1CCC(O)(Cc2ccn(C(CC)CC)n2)CC1. The summed E-state index contributed by atoms with van der Waals surface area (Å²) in [6.45, 7) is 6.66. The van der Waals surface area contributed by atoms with Gasteiger partial charge >= 0.3 is 0 Å². The summed E-state index contributed by atoms with van der Waals surface area (Å²) in [6.07, 6.45) is 10.5. The number of hydrogen-bond donors (Lipinski definition) is 1. The Morgan fingerprint density at radius 3 is 2.50 bits per heavy atom. The van der Waals surface area contributed by atoms with Crippen LogP contribution in [0.15, 0.2) is 12.3 Å². The lowest BCUT2D eigenvalue weighted by Crippen LogP contribution is -2.36. The fourth-order valence-corrected chi connectivity index (χ4v) is 3.47. The molecule has 0 bridgehead atoms. The Labute approximate surface area is 123 Å². The topological polar surface area (TPSA) is 38.0 Å². The predicted octanol–water partition coefficient (Wildman–Crippen LogP) is 4.12. The second-order valence-corrected chi connectivity index (χ2v) is 6.51. The molecule has 0 unspecified atom stereocenters. The molecule has 114 valence electrons. The van der Waals surface area contributed by atoms with E-state index < -0.39 is 5.60 Å². The fourth-order valence-electron chi connectivity index (χ4n) is 3.47. The van der Waals surface area contributed by atoms with Crippen molar-refractivity contribution in [3.05, 3.63) is 18.0 Å². The second-order valence-electron chi connectivity index (χ2n) is 6.51. The summed E-state index contributed by atoms with van der Waals surface area (Å²) in [5, 5.41) is 15.4. The van der Waals surface area contributed by atoms with Crippen molar-refractivity contribution >= 4 is 0 Å². The van der Waals surface area contributed by atoms with Gasteiger partial charge in [-0.3, -0.25) is 4.68 Å². The lowest BCUT2D eigenvalue weighted by molar-refractivity contribution is -0.0101. The van der Waals surface area contributed by atoms with Crippen LogP contribution in [0.5, 0.6) is 0 Å². The maximum Gasteiger partial charge on any atom is 0.0703 e. The summed E-state index contributed by atoms with van der Waals surface area (Å²) in [5.41, 5.74) is 0.535. The molecule has 0 amide bonds. The first-order valence-electron chi connectivity index (χ1n) is 8.36. The molecule has 0 atom stereocenters. The van der Waals surface area contributed by atoms with Crippen LogP contribution in [-0.4, -0.2) is 20.5 Å². The smallest absolute Gasteiger partial charge is 0.0703 e. The molecule has 0 aromatic carbocycles. The van der Waals surface area contributed by atoms with Gasteiger partial charge in [0.1, 0.15) is 0 Å². The van der Waals surface area contributed by atoms with Gasteiger partial charge in [0.15, 0.2) is 0 Å². The molecule has 0 radical (unpaired) electrons. The standard InChI is InChI=1S/C17H30N2O/c1-4-14-7-10-17(20,11-8-14)13-15-9-12-19(18-15)16(5-2)6-3/h9,12,14,16,20H,4-8,10-11,13H2,1-3H3. The molecule has 1 aliphatic carbocycles. The third-order valence-corrected chi connectivity index (χ3v) is 5.10. The molecule has 1 N–H and O–H groups in total. The Bertz CT molecular complexity index is 401. The third kappa shape index (κ3) is 3.63. The van der Waals surface area contributed by atoms with Gasteiger partial charge in [-0.25, -0.2) is 0 Å². The van der Waals surface area contributed by atoms with E-state index in [2.05, 4.69) is 42.8 Å². The van der Waals surface area contributed by atoms with E-state index in [4.69, 9.17) is 0 Å². The van der Waals surface area contributed by atoms with Gasteiger partial charge in [0.25, 0.3) is 0 Å². The van der Waals surface area contributed by atoms with Crippen molar-refractivity contribution in [2.45, 2.75) is 83.8 Å². The highest BCUT2D eigenvalue weighted by Gasteiger charge is 2.33. The molecular weight excluding hydrogens is 248 g/mol. The first kappa shape index (κ1) is 15.6. The van der Waals surface area contributed by atoms with Crippen LogP contribution in [-0.2, 0) is 6.42 Å². The van der Waals surface area contributed by atoms with E-state index in [1.54, 1.807) is 0 Å². The minimum Gasteiger partial charge on any atom is -0.389 e. The zero-order chi connectivity index (χ0) is 14.6. The zero-order valence-corrected chi connectivity index (χ0v) is 13.3. The Hall–Kier alpha value is -0.830. The highest BCUT2D eigenvalue weighted by atomic mass is 16.3. The third-order valence-electron chi connectivity index (χ3n) is 5.10. The summed E-state index contributed by atoms with van der Waals surface area (Å²) in [6, 6.07) is 2.58. The summed E-state index contributed by atoms with van der Waals surface area (Å²) in [5.74, 6) is 0.817. The molecule has 1 aliphatic rings. The predicted molar refractivity (Wildman–Crippen MR) is 82.7 cm³/mol. The molecule has 20 heavy (non-hydrogen) atoms. The highest BCUT2D eigenvalue weighted by Crippen LogP contribution is 2.35. The van der Waals surface area contributed by atoms with Crippen molar-refractivity contribution in [3.63, 3.8) is 0 Å². The van der Waals surface area contributed by atoms with Crippen LogP contribution in [0.2, 0.25) is 0 Å². The van der Waals surface area contributed by atoms with E-state index in [1.165, 1.54) is 19.3 Å². The van der Waals surface area contributed by atoms with Crippen molar-refractivity contribution < 1.29 is 5.11 Å². The van der Waals surface area contributed by atoms with Crippen LogP contribution in [0.3, 0.4) is 0 Å². The second kappa shape index (κ2) is 6.75. The quantitative estimate of drug-likeness (QED) is 0.850. The first-order valence-corrected chi connectivity index (χ1v) is 8.36. The number of hydrogen-bond acceptors (Lipinski definition) is 2. The fraction of sp³-hybridized carbons (Fsp3) is 0.824. The van der Waals surface area contributed by atoms with E-state index >= 15 is 0 Å². The average molecular weight is 278 g/mol. The van der Waals surface area contributed by atoms with Gasteiger partial charge < -0.3 is 5.11 Å². The van der Waals surface area contributed by atoms with E-state index in [9.17, 15) is 5.11 Å². The molecule has 1 fully saturated rings. The molecule has 1 saturated carbocycles. The number of rotatable bonds is 6. The normalized spacial score (nSPS) is 27.1. The van der Waals surface area contributed by atoms with Crippen molar-refractivity contribution in [1.82, 2.24) is 9.78 Å². The van der Waals surface area contributed by atoms with E-state index in [0.717, 1.165) is 43.7 Å². The van der Waals surface area contributed by atoms with Crippen LogP contribution in [0.25, 0.3) is 0 Å². The molecule has 3 nitrogen and oxygen atoms in total. The first-order chi connectivity index (χ1) is 9.60. The van der Waals surface area contributed by atoms with Gasteiger partial charge in [-0.2, -0.15) is 5.10 Å². The number of aromatic nitrogens is 2. The van der Waals surface area contributed by atoms with Gasteiger partial charge in [-0.05, 0) is 50.5 Å². The van der Waals surface area contributed by atoms with Gasteiger partial charge in [0, 0.05) is 12.6 Å². The molecule has 1 aromatic heterocycles. The van der Waals surface area contributed by atoms with Crippen LogP contribution in [0.1, 0.15) is 77.5 Å². The van der Waals surface area contributed by atoms with Crippen molar-refractivity contribution in [3.8, 4) is 0 Å². The molecule has 3 heteroatoms. The lowest BCUT2D eigenvalue weighted by atomic mass is 9.76. The average Bonchev–Trinajstić information content (AvgIpc) is 2.89. The van der Waals surface area contributed by atoms with Gasteiger partial charge in [0.05, 0.1) is 17.3 Å². The molecule has 0 saturated heterocycles. The van der Waals surface area contributed by atoms with Gasteiger partial charge in [0.2, 0.25) is 0 Å². The van der Waals surface area contributed by atoms with Crippen LogP contribution < -0.4 is 0 Å². The number of aliphatic hydroxyl groups is 1. The summed E-state index contributed by atoms with van der Waals surface area (Å²) >= 11 is 0. The zero-order valence-electron chi connectivity index (χ0n) is 13.3. The minimum atomic E-state index is -0.515. The van der Waals surface area contributed by atoms with Crippen molar-refractivity contribution in [2.75, 3.05) is 0 Å². The molecule has 1 aromatic rings. The molecule has 0 spiro atoms. The Balaban J connectivity index is 1.96. The molecule has 2 rings (SSSR count). The maximum absolute atomic E-state index is 10.8. The van der Waals surface area contributed by atoms with Crippen LogP contribution in [0, 0.1) is 5.92 Å². The summed E-state index contributed by atoms with van der Waals surface area (Å²) < 4.78 is 2.08. The largest absolute Gasteiger partial charge is 0.389 e. The Morgan fingerprint density at radius 2 is 1.95 bits per heavy atom. The van der Waals surface area contributed by atoms with Gasteiger partial charge in [-0.1, -0.05) is 27.2 Å². The Morgan fingerprint density at radius 1 is 1.30 bits per heavy atom. The summed E-state index contributed by atoms with van der Waals surface area (Å²) in [4.78, 5) is 0. The molecule has 1 heterocycles. The van der Waals surface area contributed by atoms with Crippen LogP contribution >= 0.6 is 0 Å². The van der Waals surface area contributed by atoms with E-state index in [1.807, 2.05) is 0 Å².